The van der Waals surface area contributed by atoms with Crippen molar-refractivity contribution in [3.05, 3.63) is 52.8 Å². The van der Waals surface area contributed by atoms with Crippen molar-refractivity contribution in [2.75, 3.05) is 33.2 Å². The predicted molar refractivity (Wildman–Crippen MR) is 114 cm³/mol. The van der Waals surface area contributed by atoms with Gasteiger partial charge in [0.05, 0.1) is 30.9 Å². The molecule has 4 aromatic rings. The van der Waals surface area contributed by atoms with Crippen LogP contribution in [-0.2, 0) is 7.05 Å². The van der Waals surface area contributed by atoms with Gasteiger partial charge in [-0.15, -0.1) is 0 Å². The number of aromatic amines is 1. The van der Waals surface area contributed by atoms with Crippen LogP contribution in [0, 0.1) is 0 Å². The minimum atomic E-state index is -0.158. The van der Waals surface area contributed by atoms with E-state index in [9.17, 15) is 4.79 Å². The number of para-hydroxylation sites is 2. The fraction of sp³-hybridized carbons (Fsp3) is 0.238. The molecule has 8 nitrogen and oxygen atoms in total. The van der Waals surface area contributed by atoms with Gasteiger partial charge in [-0.3, -0.25) is 4.79 Å². The number of anilines is 1. The Morgan fingerprint density at radius 3 is 2.28 bits per heavy atom. The van der Waals surface area contributed by atoms with Gasteiger partial charge in [0.1, 0.15) is 28.7 Å². The van der Waals surface area contributed by atoms with E-state index in [0.717, 1.165) is 16.7 Å². The van der Waals surface area contributed by atoms with E-state index in [-0.39, 0.29) is 5.56 Å². The molecule has 150 valence electrons. The summed E-state index contributed by atoms with van der Waals surface area (Å²) in [6, 6.07) is 13.2. The van der Waals surface area contributed by atoms with Gasteiger partial charge >= 0.3 is 0 Å². The van der Waals surface area contributed by atoms with Crippen LogP contribution in [-0.4, -0.2) is 47.6 Å². The molecule has 2 aromatic heterocycles. The van der Waals surface area contributed by atoms with Crippen molar-refractivity contribution in [2.45, 2.75) is 0 Å². The number of H-pyrrole nitrogens is 1. The third-order valence-electron chi connectivity index (χ3n) is 4.86. The molecule has 0 aliphatic rings. The highest BCUT2D eigenvalue weighted by Crippen LogP contribution is 2.32. The summed E-state index contributed by atoms with van der Waals surface area (Å²) >= 11 is 0. The molecule has 0 unspecified atom stereocenters. The van der Waals surface area contributed by atoms with Gasteiger partial charge in [-0.05, 0) is 12.1 Å². The lowest BCUT2D eigenvalue weighted by Gasteiger charge is -2.19. The van der Waals surface area contributed by atoms with Gasteiger partial charge in [0.15, 0.2) is 0 Å². The highest BCUT2D eigenvalue weighted by molar-refractivity contribution is 5.82. The van der Waals surface area contributed by atoms with E-state index >= 15 is 0 Å². The monoisotopic (exact) mass is 393 g/mol. The van der Waals surface area contributed by atoms with Crippen LogP contribution in [0.5, 0.6) is 11.5 Å². The molecule has 0 bridgehead atoms. The number of ether oxygens (including phenoxy) is 2. The number of rotatable bonds is 5. The summed E-state index contributed by atoms with van der Waals surface area (Å²) in [6.07, 6.45) is 0. The van der Waals surface area contributed by atoms with Crippen LogP contribution >= 0.6 is 0 Å². The fourth-order valence-electron chi connectivity index (χ4n) is 3.50. The van der Waals surface area contributed by atoms with E-state index in [1.165, 1.54) is 0 Å². The van der Waals surface area contributed by atoms with Crippen molar-refractivity contribution in [1.82, 2.24) is 19.3 Å². The first-order chi connectivity index (χ1) is 13.9. The Bertz CT molecular complexity index is 1190. The van der Waals surface area contributed by atoms with Crippen molar-refractivity contribution in [3.63, 3.8) is 0 Å². The summed E-state index contributed by atoms with van der Waals surface area (Å²) in [6.45, 7) is 0. The molecule has 8 heteroatoms. The van der Waals surface area contributed by atoms with E-state index < -0.39 is 0 Å². The molecule has 0 fully saturated rings. The molecule has 0 saturated carbocycles. The predicted octanol–water partition coefficient (Wildman–Crippen LogP) is 2.80. The Labute approximate surface area is 167 Å². The maximum Gasteiger partial charge on any atom is 0.280 e. The molecule has 4 rings (SSSR count). The number of aromatic nitrogens is 4. The van der Waals surface area contributed by atoms with Crippen LogP contribution in [0.2, 0.25) is 0 Å². The van der Waals surface area contributed by atoms with Crippen molar-refractivity contribution in [3.8, 4) is 28.6 Å². The van der Waals surface area contributed by atoms with E-state index in [2.05, 4.69) is 9.97 Å². The van der Waals surface area contributed by atoms with Gasteiger partial charge in [-0.1, -0.05) is 12.1 Å². The Morgan fingerprint density at radius 1 is 1.03 bits per heavy atom. The first-order valence-electron chi connectivity index (χ1n) is 9.12. The highest BCUT2D eigenvalue weighted by Gasteiger charge is 2.25. The molecule has 0 amide bonds. The molecule has 2 aromatic carbocycles. The zero-order chi connectivity index (χ0) is 20.7. The third-order valence-corrected chi connectivity index (χ3v) is 4.86. The molecule has 0 aliphatic heterocycles. The smallest absolute Gasteiger partial charge is 0.280 e. The lowest BCUT2D eigenvalue weighted by Crippen LogP contribution is -2.20. The van der Waals surface area contributed by atoms with Gasteiger partial charge in [0, 0.05) is 39.3 Å². The van der Waals surface area contributed by atoms with E-state index in [4.69, 9.17) is 9.47 Å². The molecule has 2 heterocycles. The molecule has 1 N–H and O–H groups in total. The number of hydrogen-bond acceptors (Lipinski definition) is 5. The zero-order valence-corrected chi connectivity index (χ0v) is 17.1. The average molecular weight is 393 g/mol. The number of hydrogen-bond donors (Lipinski definition) is 1. The first-order valence-corrected chi connectivity index (χ1v) is 9.12. The van der Waals surface area contributed by atoms with E-state index in [1.54, 1.807) is 32.0 Å². The van der Waals surface area contributed by atoms with E-state index in [0.29, 0.717) is 28.7 Å². The number of fused-ring (bicyclic) bond motifs is 1. The van der Waals surface area contributed by atoms with Crippen LogP contribution in [0.1, 0.15) is 0 Å². The second-order valence-electron chi connectivity index (χ2n) is 6.91. The topological polar surface area (TPSA) is 77.3 Å². The van der Waals surface area contributed by atoms with Crippen LogP contribution in [0.25, 0.3) is 28.1 Å². The quantitative estimate of drug-likeness (QED) is 0.564. The largest absolute Gasteiger partial charge is 0.497 e. The molecule has 0 saturated heterocycles. The molecule has 29 heavy (non-hydrogen) atoms. The maximum atomic E-state index is 13.3. The SMILES string of the molecule is COc1cc(OC)cc(-n2c(N(C)C)c(-c3nc4ccccc4[nH]3)c(=O)n2C)c1. The molecule has 0 spiro atoms. The standard InChI is InChI=1S/C21H23N5O3/c1-24(2)20-18(19-22-16-8-6-7-9-17(16)23-19)21(27)25(3)26(20)13-10-14(28-4)12-15(11-13)29-5/h6-12H,1-5H3,(H,22,23). The Hall–Kier alpha value is -3.68. The number of methoxy groups -OCH3 is 2. The molecule has 0 aliphatic carbocycles. The second kappa shape index (κ2) is 7.05. The number of nitrogens with one attached hydrogen (secondary N) is 1. The number of benzene rings is 2. The van der Waals surface area contributed by atoms with Crippen molar-refractivity contribution in [1.29, 1.82) is 0 Å². The van der Waals surface area contributed by atoms with Crippen LogP contribution in [0.4, 0.5) is 5.82 Å². The summed E-state index contributed by atoms with van der Waals surface area (Å²) in [7, 11) is 8.72. The van der Waals surface area contributed by atoms with E-state index in [1.807, 2.05) is 60.1 Å². The second-order valence-corrected chi connectivity index (χ2v) is 6.91. The van der Waals surface area contributed by atoms with Gasteiger partial charge in [0.2, 0.25) is 0 Å². The summed E-state index contributed by atoms with van der Waals surface area (Å²) < 4.78 is 14.2. The normalized spacial score (nSPS) is 11.1. The van der Waals surface area contributed by atoms with Crippen molar-refractivity contribution in [2.24, 2.45) is 7.05 Å². The van der Waals surface area contributed by atoms with Crippen molar-refractivity contribution >= 4 is 16.9 Å². The fourth-order valence-corrected chi connectivity index (χ4v) is 3.50. The Balaban J connectivity index is 2.02. The van der Waals surface area contributed by atoms with Gasteiger partial charge < -0.3 is 19.4 Å². The summed E-state index contributed by atoms with van der Waals surface area (Å²) in [5.74, 6) is 2.50. The number of nitrogens with zero attached hydrogens (tertiary/aromatic N) is 4. The van der Waals surface area contributed by atoms with Crippen molar-refractivity contribution < 1.29 is 9.47 Å². The van der Waals surface area contributed by atoms with Gasteiger partial charge in [-0.2, -0.15) is 0 Å². The first kappa shape index (κ1) is 18.7. The minimum absolute atomic E-state index is 0.158. The molecule has 0 radical (unpaired) electrons. The molecule has 0 atom stereocenters. The summed E-state index contributed by atoms with van der Waals surface area (Å²) in [4.78, 5) is 23.1. The molecular weight excluding hydrogens is 370 g/mol. The Morgan fingerprint density at radius 2 is 1.69 bits per heavy atom. The molecular formula is C21H23N5O3. The minimum Gasteiger partial charge on any atom is -0.497 e. The third kappa shape index (κ3) is 3.02. The lowest BCUT2D eigenvalue weighted by molar-refractivity contribution is 0.393. The summed E-state index contributed by atoms with van der Waals surface area (Å²) in [5.41, 5.74) is 2.77. The lowest BCUT2D eigenvalue weighted by atomic mass is 10.2. The average Bonchev–Trinajstić information content (AvgIpc) is 3.26. The number of imidazole rings is 1. The highest BCUT2D eigenvalue weighted by atomic mass is 16.5. The van der Waals surface area contributed by atoms with Crippen LogP contribution < -0.4 is 19.9 Å². The van der Waals surface area contributed by atoms with Gasteiger partial charge in [0.25, 0.3) is 5.56 Å². The van der Waals surface area contributed by atoms with Gasteiger partial charge in [-0.25, -0.2) is 14.3 Å². The van der Waals surface area contributed by atoms with Crippen LogP contribution in [0.15, 0.2) is 47.3 Å². The summed E-state index contributed by atoms with van der Waals surface area (Å²) in [5, 5.41) is 0. The maximum absolute atomic E-state index is 13.3. The van der Waals surface area contributed by atoms with Crippen LogP contribution in [0.3, 0.4) is 0 Å². The Kier molecular flexibility index (Phi) is 4.54. The zero-order valence-electron chi connectivity index (χ0n) is 17.1.